The molecule has 0 aromatic rings. The zero-order valence-electron chi connectivity index (χ0n) is 48.6. The molecule has 4 amide bonds. The zero-order valence-corrected chi connectivity index (χ0v) is 48.6. The first-order chi connectivity index (χ1) is 35.3. The first kappa shape index (κ1) is 64.2. The van der Waals surface area contributed by atoms with Crippen molar-refractivity contribution in [3.05, 3.63) is 0 Å². The largest absolute Gasteiger partial charge is 0.554 e. The molecular formula is C60H99N5O11. The van der Waals surface area contributed by atoms with Gasteiger partial charge in [-0.15, -0.1) is 0 Å². The highest BCUT2D eigenvalue weighted by molar-refractivity contribution is 6.37. The number of hydrogen-bond donors (Lipinski definition) is 3. The Balaban J connectivity index is 0.000000317. The van der Waals surface area contributed by atoms with Crippen LogP contribution in [0.3, 0.4) is 0 Å². The highest BCUT2D eigenvalue weighted by atomic mass is 16.3. The predicted molar refractivity (Wildman–Crippen MR) is 288 cm³/mol. The van der Waals surface area contributed by atoms with E-state index < -0.39 is 65.7 Å². The molecule has 0 bridgehead atoms. The molecule has 16 heteroatoms. The third-order valence-corrected chi connectivity index (χ3v) is 19.2. The van der Waals surface area contributed by atoms with Crippen LogP contribution in [0.4, 0.5) is 0 Å². The van der Waals surface area contributed by atoms with Crippen LogP contribution in [0, 0.1) is 68.5 Å². The standard InChI is InChI=1S/C33H54N2O5.C26H43N3O4.CH2O2/c1-31(2,3)19-22(36)18-23-30(40)35-20-24-26(33(24,6)7)27(35)25(37)17-21(28(38)29(34)39)15-13-11-9-8-10-12-14-16-32(23,4)5;1-25(2)13-11-9-7-5-6-8-10-12-16(21(31)23(28)32)14-18(30)20-19-17(26(19,3)4)15-29(20)24(33)22(25)27;2-1-3/h21,23-24,26-27H,8-20H2,1-7H3,(H2,34,39);16-17,19-20,22H,5-15,27H2,1-4H3,(H2,28,32);1H,(H,2,3)/t21-,23-,24?,26+,27-;16-,17?,19+,20-,22-;/m11./s1. The van der Waals surface area contributed by atoms with E-state index in [4.69, 9.17) is 21.4 Å². The Kier molecular flexibility index (Phi) is 22.4. The topological polar surface area (TPSA) is 280 Å². The van der Waals surface area contributed by atoms with Crippen molar-refractivity contribution in [2.24, 2.45) is 80.0 Å². The van der Waals surface area contributed by atoms with Crippen molar-refractivity contribution in [1.29, 1.82) is 0 Å². The molecule has 4 saturated heterocycles. The summed E-state index contributed by atoms with van der Waals surface area (Å²) in [6, 6.07) is -1.58. The minimum atomic E-state index is -0.994. The quantitative estimate of drug-likeness (QED) is 0.188. The van der Waals surface area contributed by atoms with Crippen molar-refractivity contribution in [1.82, 2.24) is 9.80 Å². The monoisotopic (exact) mass is 1070 g/mol. The summed E-state index contributed by atoms with van der Waals surface area (Å²) in [4.78, 5) is 129. The number of piperidine rings is 2. The summed E-state index contributed by atoms with van der Waals surface area (Å²) in [7, 11) is 0. The van der Waals surface area contributed by atoms with Gasteiger partial charge in [-0.05, 0) is 71.0 Å². The number of hydrogen-bond acceptors (Lipinski definition) is 11. The molecular weight excluding hydrogens is 967 g/mol. The summed E-state index contributed by atoms with van der Waals surface area (Å²) in [5.74, 6) is -4.88. The molecule has 0 radical (unpaired) electrons. The van der Waals surface area contributed by atoms with Gasteiger partial charge in [-0.25, -0.2) is 0 Å². The van der Waals surface area contributed by atoms with Crippen LogP contribution in [0.5, 0.6) is 0 Å². The number of nitrogens with two attached hydrogens (primary N) is 2. The number of Topliss-reactive ketones (excluding diaryl/α,β-unsaturated/α-hetero) is 5. The van der Waals surface area contributed by atoms with Gasteiger partial charge in [0, 0.05) is 62.5 Å². The van der Waals surface area contributed by atoms with Gasteiger partial charge in [0.2, 0.25) is 17.5 Å². The fraction of sp³-hybridized carbons (Fsp3) is 0.833. The van der Waals surface area contributed by atoms with Gasteiger partial charge in [0.15, 0.2) is 17.6 Å². The minimum Gasteiger partial charge on any atom is -0.554 e. The number of fused-ring (bicyclic) bond motifs is 6. The molecule has 2 unspecified atom stereocenters. The lowest BCUT2D eigenvalue weighted by Crippen LogP contribution is -2.74. The van der Waals surface area contributed by atoms with Crippen LogP contribution in [0.1, 0.15) is 217 Å². The molecule has 430 valence electrons. The number of carbonyl (C=O) groups excluding carboxylic acids is 10. The average Bonchev–Trinajstić information content (AvgIpc) is 3.75. The summed E-state index contributed by atoms with van der Waals surface area (Å²) >= 11 is 0. The van der Waals surface area contributed by atoms with Crippen LogP contribution in [0.2, 0.25) is 0 Å². The van der Waals surface area contributed by atoms with Crippen molar-refractivity contribution in [3.63, 3.8) is 0 Å². The Bertz CT molecular complexity index is 2120. The molecule has 6 aliphatic rings. The number of primary amides is 2. The van der Waals surface area contributed by atoms with E-state index >= 15 is 0 Å². The van der Waals surface area contributed by atoms with E-state index in [1.165, 1.54) is 0 Å². The summed E-state index contributed by atoms with van der Waals surface area (Å²) in [6.45, 7) is 23.7. The summed E-state index contributed by atoms with van der Waals surface area (Å²) in [6.07, 6.45) is 17.7. The van der Waals surface area contributed by atoms with Crippen LogP contribution in [-0.2, 0) is 47.9 Å². The van der Waals surface area contributed by atoms with E-state index in [9.17, 15) is 43.2 Å². The number of quaternary nitrogens is 1. The van der Waals surface area contributed by atoms with Gasteiger partial charge >= 0.3 is 0 Å². The lowest BCUT2D eigenvalue weighted by atomic mass is 9.71. The second-order valence-corrected chi connectivity index (χ2v) is 27.7. The van der Waals surface area contributed by atoms with E-state index in [1.54, 1.807) is 9.80 Å². The first-order valence-electron chi connectivity index (χ1n) is 29.0. The molecule has 2 aliphatic carbocycles. The van der Waals surface area contributed by atoms with Crippen molar-refractivity contribution >= 4 is 59.0 Å². The lowest BCUT2D eigenvalue weighted by Gasteiger charge is -2.39. The number of carboxylic acid groups (broad SMARTS) is 1. The summed E-state index contributed by atoms with van der Waals surface area (Å²) in [5, 5.41) is 8.25. The van der Waals surface area contributed by atoms with E-state index in [0.29, 0.717) is 38.3 Å². The normalized spacial score (nSPS) is 32.1. The van der Waals surface area contributed by atoms with Crippen LogP contribution >= 0.6 is 0 Å². The Labute approximate surface area is 454 Å². The number of amides is 4. The Hall–Kier alpha value is -4.34. The lowest BCUT2D eigenvalue weighted by molar-refractivity contribution is -0.430. The molecule has 6 fully saturated rings. The van der Waals surface area contributed by atoms with Crippen LogP contribution in [0.25, 0.3) is 0 Å². The molecule has 0 spiro atoms. The van der Waals surface area contributed by atoms with Gasteiger partial charge in [0.1, 0.15) is 5.78 Å². The number of rotatable bonds is 7. The van der Waals surface area contributed by atoms with Crippen LogP contribution in [-0.4, -0.2) is 100 Å². The van der Waals surface area contributed by atoms with E-state index in [0.717, 1.165) is 103 Å². The Morgan fingerprint density at radius 2 is 0.934 bits per heavy atom. The van der Waals surface area contributed by atoms with Gasteiger partial charge in [-0.1, -0.05) is 166 Å². The van der Waals surface area contributed by atoms with E-state index in [1.807, 2.05) is 20.8 Å². The summed E-state index contributed by atoms with van der Waals surface area (Å²) < 4.78 is 0. The number of ketones is 5. The first-order valence-corrected chi connectivity index (χ1v) is 29.0. The summed E-state index contributed by atoms with van der Waals surface area (Å²) in [5.41, 5.74) is 14.1. The molecule has 10 atom stereocenters. The van der Waals surface area contributed by atoms with Crippen molar-refractivity contribution in [3.8, 4) is 0 Å². The maximum absolute atomic E-state index is 14.4. The Morgan fingerprint density at radius 3 is 1.30 bits per heavy atom. The van der Waals surface area contributed by atoms with Crippen LogP contribution in [0.15, 0.2) is 0 Å². The maximum Gasteiger partial charge on any atom is 0.285 e. The highest BCUT2D eigenvalue weighted by Gasteiger charge is 2.71. The Morgan fingerprint density at radius 1 is 0.592 bits per heavy atom. The SMILES string of the molecule is CC(C)(C)CC(=O)C[C@@H]1C(=O)N2CC3[C@@H]([C@H]2C(=O)C[C@H](C(=O)C(N)=O)CCCCCCCCCC1(C)C)C3(C)C.CC1(C)CCCCCCCCC[C@@H](C(=O)C(N)=O)CC(=O)[C@@H]2[C@@H]3C(CN2C(=O)[C@H]1[NH3+])C3(C)C.O=C[O-]. The van der Waals surface area contributed by atoms with Crippen molar-refractivity contribution in [2.45, 2.75) is 236 Å². The van der Waals surface area contributed by atoms with Gasteiger partial charge in [-0.3, -0.25) is 43.2 Å². The fourth-order valence-corrected chi connectivity index (χ4v) is 13.9. The maximum atomic E-state index is 14.4. The van der Waals surface area contributed by atoms with E-state index in [2.05, 4.69) is 61.1 Å². The molecule has 7 N–H and O–H groups in total. The molecule has 0 aromatic heterocycles. The minimum absolute atomic E-state index is 0.00519. The molecule has 2 saturated carbocycles. The van der Waals surface area contributed by atoms with Crippen molar-refractivity contribution < 1.29 is 58.8 Å². The van der Waals surface area contributed by atoms with Gasteiger partial charge < -0.3 is 36.9 Å². The number of nitrogens with zero attached hydrogens (tertiary/aromatic N) is 2. The van der Waals surface area contributed by atoms with Gasteiger partial charge in [0.25, 0.3) is 17.7 Å². The zero-order chi connectivity index (χ0) is 57.3. The molecule has 76 heavy (non-hydrogen) atoms. The average molecular weight is 1070 g/mol. The molecule has 6 rings (SSSR count). The van der Waals surface area contributed by atoms with E-state index in [-0.39, 0.29) is 93.3 Å². The van der Waals surface area contributed by atoms with Crippen LogP contribution < -0.4 is 22.3 Å². The predicted octanol–water partition coefficient (Wildman–Crippen LogP) is 6.29. The number of carbonyl (C=O) groups is 10. The molecule has 4 aliphatic heterocycles. The third-order valence-electron chi connectivity index (χ3n) is 19.2. The second kappa shape index (κ2) is 26.5. The van der Waals surface area contributed by atoms with Gasteiger partial charge in [0.05, 0.1) is 18.0 Å². The molecule has 0 aromatic carbocycles. The molecule has 16 nitrogen and oxygen atoms in total. The second-order valence-electron chi connectivity index (χ2n) is 27.7. The smallest absolute Gasteiger partial charge is 0.285 e. The third kappa shape index (κ3) is 16.1. The fourth-order valence-electron chi connectivity index (χ4n) is 13.9. The van der Waals surface area contributed by atoms with Crippen molar-refractivity contribution in [2.75, 3.05) is 13.1 Å². The highest BCUT2D eigenvalue weighted by Crippen LogP contribution is 2.66. The van der Waals surface area contributed by atoms with Gasteiger partial charge in [-0.2, -0.15) is 0 Å². The molecule has 4 heterocycles.